The van der Waals surface area contributed by atoms with Gasteiger partial charge in [-0.1, -0.05) is 6.07 Å². The van der Waals surface area contributed by atoms with E-state index in [0.717, 1.165) is 31.5 Å². The Morgan fingerprint density at radius 1 is 1.65 bits per heavy atom. The molecule has 0 radical (unpaired) electrons. The Morgan fingerprint density at radius 2 is 2.47 bits per heavy atom. The fourth-order valence-electron chi connectivity index (χ4n) is 2.40. The second kappa shape index (κ2) is 5.00. The number of nitrogen functional groups attached to an aromatic ring is 1. The summed E-state index contributed by atoms with van der Waals surface area (Å²) in [6, 6.07) is 3.91. The molecule has 1 saturated heterocycles. The van der Waals surface area contributed by atoms with Crippen LogP contribution in [0.4, 0.5) is 5.82 Å². The summed E-state index contributed by atoms with van der Waals surface area (Å²) in [6.07, 6.45) is 3.61. The van der Waals surface area contributed by atoms with Gasteiger partial charge in [0.1, 0.15) is 5.82 Å². The molecule has 2 heterocycles. The minimum absolute atomic E-state index is 0.573. The van der Waals surface area contributed by atoms with Crippen LogP contribution in [0.1, 0.15) is 25.3 Å². The van der Waals surface area contributed by atoms with Crippen LogP contribution in [0.3, 0.4) is 0 Å². The second-order valence-electron chi connectivity index (χ2n) is 4.97. The summed E-state index contributed by atoms with van der Waals surface area (Å²) in [5.74, 6) is 6.13. The van der Waals surface area contributed by atoms with Crippen LogP contribution >= 0.6 is 0 Å². The summed E-state index contributed by atoms with van der Waals surface area (Å²) in [5, 5.41) is 10.1. The van der Waals surface area contributed by atoms with Crippen molar-refractivity contribution in [3.05, 3.63) is 23.9 Å². The maximum Gasteiger partial charge on any atom is 0.144 e. The molecule has 17 heavy (non-hydrogen) atoms. The van der Waals surface area contributed by atoms with Gasteiger partial charge in [-0.3, -0.25) is 4.90 Å². The van der Waals surface area contributed by atoms with Gasteiger partial charge in [0, 0.05) is 24.8 Å². The van der Waals surface area contributed by atoms with Crippen molar-refractivity contribution in [2.45, 2.75) is 31.9 Å². The van der Waals surface area contributed by atoms with Crippen LogP contribution in [0, 0.1) is 0 Å². The lowest BCUT2D eigenvalue weighted by Gasteiger charge is -2.36. The molecule has 1 aromatic rings. The highest BCUT2D eigenvalue weighted by Gasteiger charge is 2.28. The second-order valence-corrected chi connectivity index (χ2v) is 4.97. The van der Waals surface area contributed by atoms with E-state index in [1.807, 2.05) is 19.1 Å². The Balaban J connectivity index is 2.05. The van der Waals surface area contributed by atoms with Gasteiger partial charge in [-0.25, -0.2) is 10.8 Å². The number of aromatic nitrogens is 1. The zero-order chi connectivity index (χ0) is 12.3. The molecule has 1 atom stereocenters. The van der Waals surface area contributed by atoms with Gasteiger partial charge in [0.15, 0.2) is 0 Å². The highest BCUT2D eigenvalue weighted by Crippen LogP contribution is 2.23. The molecule has 0 aliphatic carbocycles. The molecular weight excluding hydrogens is 216 g/mol. The number of nitrogens with one attached hydrogen (secondary N) is 1. The lowest BCUT2D eigenvalue weighted by atomic mass is 9.95. The predicted molar refractivity (Wildman–Crippen MR) is 67.2 cm³/mol. The molecule has 0 bridgehead atoms. The maximum atomic E-state index is 10.1. The lowest BCUT2D eigenvalue weighted by molar-refractivity contribution is -0.0181. The van der Waals surface area contributed by atoms with Crippen molar-refractivity contribution in [1.82, 2.24) is 9.88 Å². The van der Waals surface area contributed by atoms with Gasteiger partial charge >= 0.3 is 0 Å². The average Bonchev–Trinajstić information content (AvgIpc) is 2.28. The van der Waals surface area contributed by atoms with E-state index in [4.69, 9.17) is 5.84 Å². The lowest BCUT2D eigenvalue weighted by Crippen LogP contribution is -2.45. The third-order valence-corrected chi connectivity index (χ3v) is 3.18. The number of piperidine rings is 1. The minimum Gasteiger partial charge on any atom is -0.389 e. The zero-order valence-electron chi connectivity index (χ0n) is 10.2. The van der Waals surface area contributed by atoms with E-state index in [1.165, 1.54) is 0 Å². The molecule has 94 valence electrons. The number of rotatable bonds is 3. The summed E-state index contributed by atoms with van der Waals surface area (Å²) < 4.78 is 0. The fourth-order valence-corrected chi connectivity index (χ4v) is 2.40. The van der Waals surface area contributed by atoms with Gasteiger partial charge in [0.25, 0.3) is 0 Å². The van der Waals surface area contributed by atoms with Crippen molar-refractivity contribution >= 4 is 5.82 Å². The molecule has 1 unspecified atom stereocenters. The standard InChI is InChI=1S/C12H20N4O/c1-12(17)5-3-7-16(9-12)8-10-4-2-6-14-11(10)15-13/h2,4,6,17H,3,5,7-9,13H2,1H3,(H,14,15). The van der Waals surface area contributed by atoms with Crippen LogP contribution < -0.4 is 11.3 Å². The number of nitrogens with zero attached hydrogens (tertiary/aromatic N) is 2. The number of likely N-dealkylation sites (tertiary alicyclic amines) is 1. The third kappa shape index (κ3) is 3.15. The molecule has 1 fully saturated rings. The molecule has 4 N–H and O–H groups in total. The SMILES string of the molecule is CC1(O)CCCN(Cc2cccnc2NN)C1. The Hall–Kier alpha value is -1.17. The van der Waals surface area contributed by atoms with Gasteiger partial charge in [0.05, 0.1) is 5.60 Å². The first-order valence-corrected chi connectivity index (χ1v) is 5.96. The molecule has 0 amide bonds. The van der Waals surface area contributed by atoms with Crippen molar-refractivity contribution in [1.29, 1.82) is 0 Å². The molecule has 1 aliphatic heterocycles. The summed E-state index contributed by atoms with van der Waals surface area (Å²) in [4.78, 5) is 6.41. The Bertz CT molecular complexity index is 381. The van der Waals surface area contributed by atoms with Crippen molar-refractivity contribution in [3.63, 3.8) is 0 Å². The van der Waals surface area contributed by atoms with E-state index < -0.39 is 5.60 Å². The maximum absolute atomic E-state index is 10.1. The number of β-amino-alcohol motifs (C(OH)–C–C–N with tert-alkyl or cyclic N) is 1. The number of hydrazine groups is 1. The Kier molecular flexibility index (Phi) is 3.61. The number of aliphatic hydroxyl groups is 1. The number of hydrogen-bond acceptors (Lipinski definition) is 5. The van der Waals surface area contributed by atoms with Gasteiger partial charge < -0.3 is 10.5 Å². The molecule has 5 nitrogen and oxygen atoms in total. The highest BCUT2D eigenvalue weighted by molar-refractivity contribution is 5.42. The van der Waals surface area contributed by atoms with E-state index in [-0.39, 0.29) is 0 Å². The molecule has 0 spiro atoms. The van der Waals surface area contributed by atoms with Gasteiger partial charge in [-0.15, -0.1) is 0 Å². The van der Waals surface area contributed by atoms with Crippen LogP contribution in [0.5, 0.6) is 0 Å². The van der Waals surface area contributed by atoms with E-state index in [1.54, 1.807) is 6.20 Å². The third-order valence-electron chi connectivity index (χ3n) is 3.18. The molecule has 1 aromatic heterocycles. The highest BCUT2D eigenvalue weighted by atomic mass is 16.3. The van der Waals surface area contributed by atoms with E-state index >= 15 is 0 Å². The smallest absolute Gasteiger partial charge is 0.144 e. The van der Waals surface area contributed by atoms with Crippen molar-refractivity contribution in [3.8, 4) is 0 Å². The van der Waals surface area contributed by atoms with Crippen molar-refractivity contribution < 1.29 is 5.11 Å². The largest absolute Gasteiger partial charge is 0.389 e. The molecule has 1 aliphatic rings. The summed E-state index contributed by atoms with van der Waals surface area (Å²) in [5.41, 5.74) is 3.10. The number of anilines is 1. The zero-order valence-corrected chi connectivity index (χ0v) is 10.2. The minimum atomic E-state index is -0.573. The first-order valence-electron chi connectivity index (χ1n) is 5.96. The van der Waals surface area contributed by atoms with E-state index in [0.29, 0.717) is 12.4 Å². The Labute approximate surface area is 102 Å². The molecule has 2 rings (SSSR count). The monoisotopic (exact) mass is 236 g/mol. The first-order chi connectivity index (χ1) is 8.11. The summed E-state index contributed by atoms with van der Waals surface area (Å²) in [6.45, 7) is 4.37. The fraction of sp³-hybridized carbons (Fsp3) is 0.583. The topological polar surface area (TPSA) is 74.4 Å². The summed E-state index contributed by atoms with van der Waals surface area (Å²) in [7, 11) is 0. The number of hydrogen-bond donors (Lipinski definition) is 3. The van der Waals surface area contributed by atoms with Crippen LogP contribution in [0.15, 0.2) is 18.3 Å². The van der Waals surface area contributed by atoms with Gasteiger partial charge in [-0.05, 0) is 32.4 Å². The van der Waals surface area contributed by atoms with Crippen molar-refractivity contribution in [2.75, 3.05) is 18.5 Å². The number of nitrogens with two attached hydrogens (primary N) is 1. The molecule has 5 heteroatoms. The van der Waals surface area contributed by atoms with Gasteiger partial charge in [-0.2, -0.15) is 0 Å². The molecule has 0 aromatic carbocycles. The van der Waals surface area contributed by atoms with Gasteiger partial charge in [0.2, 0.25) is 0 Å². The van der Waals surface area contributed by atoms with Crippen LogP contribution in [-0.4, -0.2) is 33.7 Å². The first kappa shape index (κ1) is 12.3. The predicted octanol–water partition coefficient (Wildman–Crippen LogP) is 0.714. The van der Waals surface area contributed by atoms with E-state index in [2.05, 4.69) is 15.3 Å². The normalized spacial score (nSPS) is 25.8. The average molecular weight is 236 g/mol. The van der Waals surface area contributed by atoms with Crippen molar-refractivity contribution in [2.24, 2.45) is 5.84 Å². The molecular formula is C12H20N4O. The van der Waals surface area contributed by atoms with Crippen LogP contribution in [0.25, 0.3) is 0 Å². The van der Waals surface area contributed by atoms with Crippen LogP contribution in [-0.2, 0) is 6.54 Å². The van der Waals surface area contributed by atoms with E-state index in [9.17, 15) is 5.11 Å². The summed E-state index contributed by atoms with van der Waals surface area (Å²) >= 11 is 0. The number of pyridine rings is 1. The van der Waals surface area contributed by atoms with Crippen LogP contribution in [0.2, 0.25) is 0 Å². The Morgan fingerprint density at radius 3 is 3.18 bits per heavy atom. The molecule has 0 saturated carbocycles. The quantitative estimate of drug-likeness (QED) is 0.532.